The highest BCUT2D eigenvalue weighted by Gasteiger charge is 2.19. The maximum absolute atomic E-state index is 12.3. The number of carbonyl (C=O) groups is 2. The topological polar surface area (TPSA) is 80.6 Å². The van der Waals surface area contributed by atoms with Crippen LogP contribution < -0.4 is 5.32 Å². The lowest BCUT2D eigenvalue weighted by molar-refractivity contribution is -0.148. The Hall–Kier alpha value is -2.34. The van der Waals surface area contributed by atoms with Crippen molar-refractivity contribution in [2.45, 2.75) is 19.6 Å². The third-order valence-corrected chi connectivity index (χ3v) is 3.38. The number of aryl methyl sites for hydroxylation is 1. The van der Waals surface area contributed by atoms with Gasteiger partial charge in [-0.2, -0.15) is 0 Å². The molecule has 21 heavy (non-hydrogen) atoms. The van der Waals surface area contributed by atoms with Crippen LogP contribution >= 0.6 is 0 Å². The van der Waals surface area contributed by atoms with Crippen LogP contribution in [0.1, 0.15) is 17.3 Å². The van der Waals surface area contributed by atoms with Crippen molar-refractivity contribution in [3.63, 3.8) is 0 Å². The van der Waals surface area contributed by atoms with E-state index in [0.717, 1.165) is 17.4 Å². The first-order chi connectivity index (χ1) is 10.1. The number of amides is 1. The highest BCUT2D eigenvalue weighted by molar-refractivity contribution is 6.07. The van der Waals surface area contributed by atoms with E-state index in [0.29, 0.717) is 5.56 Å². The number of nitrogens with zero attached hydrogens (tertiary/aromatic N) is 1. The third-order valence-electron chi connectivity index (χ3n) is 3.38. The Bertz CT molecular complexity index is 663. The number of carbonyl (C=O) groups excluding carboxylic acids is 1. The van der Waals surface area contributed by atoms with Gasteiger partial charge in [-0.15, -0.1) is 0 Å². The lowest BCUT2D eigenvalue weighted by Gasteiger charge is -2.11. The van der Waals surface area contributed by atoms with Gasteiger partial charge in [-0.05, 0) is 13.0 Å². The van der Waals surface area contributed by atoms with Crippen molar-refractivity contribution in [2.24, 2.45) is 0 Å². The van der Waals surface area contributed by atoms with Gasteiger partial charge in [0.05, 0.1) is 12.1 Å². The number of benzene rings is 1. The van der Waals surface area contributed by atoms with Crippen molar-refractivity contribution in [3.05, 3.63) is 36.0 Å². The maximum atomic E-state index is 12.3. The molecule has 0 saturated carbocycles. The van der Waals surface area contributed by atoms with E-state index in [2.05, 4.69) is 5.32 Å². The second kappa shape index (κ2) is 6.41. The molecule has 0 fully saturated rings. The first-order valence-electron chi connectivity index (χ1n) is 6.70. The fourth-order valence-corrected chi connectivity index (χ4v) is 2.24. The van der Waals surface area contributed by atoms with Crippen molar-refractivity contribution in [3.8, 4) is 0 Å². The predicted molar refractivity (Wildman–Crippen MR) is 78.4 cm³/mol. The lowest BCUT2D eigenvalue weighted by atomic mass is 10.1. The van der Waals surface area contributed by atoms with Crippen molar-refractivity contribution in [1.29, 1.82) is 0 Å². The number of para-hydroxylation sites is 1. The molecule has 2 rings (SSSR count). The quantitative estimate of drug-likeness (QED) is 0.844. The molecule has 0 radical (unpaired) electrons. The first kappa shape index (κ1) is 15.1. The number of methoxy groups -OCH3 is 1. The SMILES string of the molecule is CCn1cc(C(=O)NCC(OC)C(=O)O)c2ccccc21. The van der Waals surface area contributed by atoms with Crippen LogP contribution in [0.2, 0.25) is 0 Å². The zero-order valence-corrected chi connectivity index (χ0v) is 12.0. The molecule has 0 saturated heterocycles. The van der Waals surface area contributed by atoms with Gasteiger partial charge in [0, 0.05) is 30.8 Å². The Balaban J connectivity index is 2.22. The summed E-state index contributed by atoms with van der Waals surface area (Å²) in [6, 6.07) is 7.61. The summed E-state index contributed by atoms with van der Waals surface area (Å²) in [5.74, 6) is -1.41. The Morgan fingerprint density at radius 1 is 1.38 bits per heavy atom. The lowest BCUT2D eigenvalue weighted by Crippen LogP contribution is -2.37. The van der Waals surface area contributed by atoms with Gasteiger partial charge in [0.2, 0.25) is 0 Å². The third kappa shape index (κ3) is 3.05. The Labute approximate surface area is 122 Å². The van der Waals surface area contributed by atoms with E-state index >= 15 is 0 Å². The number of rotatable bonds is 6. The molecule has 6 heteroatoms. The molecule has 1 heterocycles. The number of aromatic nitrogens is 1. The summed E-state index contributed by atoms with van der Waals surface area (Å²) in [5.41, 5.74) is 1.51. The van der Waals surface area contributed by atoms with Crippen LogP contribution in [0.15, 0.2) is 30.5 Å². The van der Waals surface area contributed by atoms with Crippen LogP contribution in [0.4, 0.5) is 0 Å². The van der Waals surface area contributed by atoms with Crippen molar-refractivity contribution in [2.75, 3.05) is 13.7 Å². The van der Waals surface area contributed by atoms with E-state index in [9.17, 15) is 9.59 Å². The molecule has 2 N–H and O–H groups in total. The molecule has 1 atom stereocenters. The molecule has 0 aliphatic heterocycles. The van der Waals surface area contributed by atoms with E-state index in [1.54, 1.807) is 6.20 Å². The number of nitrogens with one attached hydrogen (secondary N) is 1. The van der Waals surface area contributed by atoms with Gasteiger partial charge in [0.15, 0.2) is 6.10 Å². The summed E-state index contributed by atoms with van der Waals surface area (Å²) in [6.45, 7) is 2.68. The van der Waals surface area contributed by atoms with Gasteiger partial charge >= 0.3 is 5.97 Å². The van der Waals surface area contributed by atoms with E-state index < -0.39 is 12.1 Å². The van der Waals surface area contributed by atoms with Crippen molar-refractivity contribution < 1.29 is 19.4 Å². The highest BCUT2D eigenvalue weighted by atomic mass is 16.5. The monoisotopic (exact) mass is 290 g/mol. The summed E-state index contributed by atoms with van der Waals surface area (Å²) in [7, 11) is 1.30. The number of hydrogen-bond donors (Lipinski definition) is 2. The number of ether oxygens (including phenoxy) is 1. The average molecular weight is 290 g/mol. The fourth-order valence-electron chi connectivity index (χ4n) is 2.24. The molecule has 112 valence electrons. The molecular formula is C15H18N2O4. The molecule has 0 bridgehead atoms. The van der Waals surface area contributed by atoms with Crippen LogP contribution in [-0.4, -0.2) is 41.3 Å². The van der Waals surface area contributed by atoms with Crippen LogP contribution in [0.25, 0.3) is 10.9 Å². The molecule has 1 aromatic heterocycles. The normalized spacial score (nSPS) is 12.3. The highest BCUT2D eigenvalue weighted by Crippen LogP contribution is 2.21. The minimum atomic E-state index is -1.10. The molecule has 0 aliphatic rings. The minimum absolute atomic E-state index is 0.0731. The minimum Gasteiger partial charge on any atom is -0.479 e. The number of hydrogen-bond acceptors (Lipinski definition) is 3. The van der Waals surface area contributed by atoms with Gasteiger partial charge in [-0.3, -0.25) is 4.79 Å². The molecule has 2 aromatic rings. The summed E-state index contributed by atoms with van der Waals surface area (Å²) in [6.07, 6.45) is 0.733. The predicted octanol–water partition coefficient (Wildman–Crippen LogP) is 1.49. The zero-order valence-electron chi connectivity index (χ0n) is 12.0. The van der Waals surface area contributed by atoms with Crippen LogP contribution in [0, 0.1) is 0 Å². The van der Waals surface area contributed by atoms with Crippen molar-refractivity contribution in [1.82, 2.24) is 9.88 Å². The van der Waals surface area contributed by atoms with Gasteiger partial charge in [-0.25, -0.2) is 4.79 Å². The molecule has 0 spiro atoms. The number of aliphatic carboxylic acids is 1. The van der Waals surface area contributed by atoms with Crippen LogP contribution in [0.5, 0.6) is 0 Å². The number of carboxylic acids is 1. The molecule has 1 amide bonds. The molecular weight excluding hydrogens is 272 g/mol. The van der Waals surface area contributed by atoms with Gasteiger partial charge in [0.1, 0.15) is 0 Å². The Morgan fingerprint density at radius 2 is 2.10 bits per heavy atom. The summed E-state index contributed by atoms with van der Waals surface area (Å²) >= 11 is 0. The van der Waals surface area contributed by atoms with E-state index in [1.165, 1.54) is 7.11 Å². The zero-order chi connectivity index (χ0) is 15.4. The Morgan fingerprint density at radius 3 is 2.71 bits per heavy atom. The summed E-state index contributed by atoms with van der Waals surface area (Å²) in [4.78, 5) is 23.1. The maximum Gasteiger partial charge on any atom is 0.334 e. The molecule has 1 aromatic carbocycles. The standard InChI is InChI=1S/C15H18N2O4/c1-3-17-9-11(10-6-4-5-7-12(10)17)14(18)16-8-13(21-2)15(19)20/h4-7,9,13H,3,8H2,1-2H3,(H,16,18)(H,19,20). The van der Waals surface area contributed by atoms with Crippen LogP contribution in [-0.2, 0) is 16.1 Å². The van der Waals surface area contributed by atoms with Crippen LogP contribution in [0.3, 0.4) is 0 Å². The van der Waals surface area contributed by atoms with Gasteiger partial charge in [0.25, 0.3) is 5.91 Å². The largest absolute Gasteiger partial charge is 0.479 e. The average Bonchev–Trinajstić information content (AvgIpc) is 2.86. The number of fused-ring (bicyclic) bond motifs is 1. The smallest absolute Gasteiger partial charge is 0.334 e. The van der Waals surface area contributed by atoms with Gasteiger partial charge in [-0.1, -0.05) is 18.2 Å². The second-order valence-electron chi connectivity index (χ2n) is 4.62. The summed E-state index contributed by atoms with van der Waals surface area (Å²) < 4.78 is 6.77. The number of carboxylic acid groups (broad SMARTS) is 1. The second-order valence-corrected chi connectivity index (χ2v) is 4.62. The van der Waals surface area contributed by atoms with Crippen molar-refractivity contribution >= 4 is 22.8 Å². The molecule has 1 unspecified atom stereocenters. The fraction of sp³-hybridized carbons (Fsp3) is 0.333. The van der Waals surface area contributed by atoms with E-state index in [-0.39, 0.29) is 12.5 Å². The molecule has 6 nitrogen and oxygen atoms in total. The van der Waals surface area contributed by atoms with Gasteiger partial charge < -0.3 is 19.7 Å². The first-order valence-corrected chi connectivity index (χ1v) is 6.70. The molecule has 0 aliphatic carbocycles. The van der Waals surface area contributed by atoms with E-state index in [4.69, 9.17) is 9.84 Å². The van der Waals surface area contributed by atoms with E-state index in [1.807, 2.05) is 35.8 Å². The Kier molecular flexibility index (Phi) is 4.59. The summed E-state index contributed by atoms with van der Waals surface area (Å²) in [5, 5.41) is 12.3.